The number of amides is 2. The quantitative estimate of drug-likeness (QED) is 0.766. The summed E-state index contributed by atoms with van der Waals surface area (Å²) in [7, 11) is 0. The van der Waals surface area contributed by atoms with Gasteiger partial charge < -0.3 is 9.64 Å². The SMILES string of the molecule is CCc1ccc(N2C(=O)C[C@@H]([C@@H]3CCCC=C3N3CCOCC3)C2=O)cc1. The molecule has 5 heteroatoms. The van der Waals surface area contributed by atoms with Crippen molar-refractivity contribution in [2.75, 3.05) is 31.2 Å². The second-order valence-electron chi connectivity index (χ2n) is 7.66. The lowest BCUT2D eigenvalue weighted by Gasteiger charge is -2.38. The van der Waals surface area contributed by atoms with E-state index < -0.39 is 0 Å². The lowest BCUT2D eigenvalue weighted by molar-refractivity contribution is -0.123. The van der Waals surface area contributed by atoms with Crippen LogP contribution < -0.4 is 4.90 Å². The van der Waals surface area contributed by atoms with Crippen LogP contribution in [0.15, 0.2) is 36.0 Å². The van der Waals surface area contributed by atoms with Gasteiger partial charge in [0.2, 0.25) is 11.8 Å². The molecule has 2 amide bonds. The van der Waals surface area contributed by atoms with Crippen molar-refractivity contribution in [2.45, 2.75) is 39.0 Å². The lowest BCUT2D eigenvalue weighted by Crippen LogP contribution is -2.41. The number of morpholine rings is 1. The Labute approximate surface area is 161 Å². The van der Waals surface area contributed by atoms with Crippen LogP contribution in [0.2, 0.25) is 0 Å². The molecule has 27 heavy (non-hydrogen) atoms. The highest BCUT2D eigenvalue weighted by Crippen LogP contribution is 2.40. The molecule has 0 N–H and O–H groups in total. The van der Waals surface area contributed by atoms with Gasteiger partial charge in [-0.1, -0.05) is 25.1 Å². The largest absolute Gasteiger partial charge is 0.378 e. The molecule has 0 saturated carbocycles. The van der Waals surface area contributed by atoms with Crippen molar-refractivity contribution in [1.29, 1.82) is 0 Å². The number of benzene rings is 1. The zero-order chi connectivity index (χ0) is 18.8. The summed E-state index contributed by atoms with van der Waals surface area (Å²) in [6.07, 6.45) is 6.68. The number of hydrogen-bond donors (Lipinski definition) is 0. The van der Waals surface area contributed by atoms with Crippen LogP contribution in [0, 0.1) is 11.8 Å². The fraction of sp³-hybridized carbons (Fsp3) is 0.545. The minimum Gasteiger partial charge on any atom is -0.378 e. The molecule has 5 nitrogen and oxygen atoms in total. The Kier molecular flexibility index (Phi) is 5.30. The minimum absolute atomic E-state index is 0.0321. The van der Waals surface area contributed by atoms with Gasteiger partial charge in [0, 0.05) is 31.1 Å². The predicted molar refractivity (Wildman–Crippen MR) is 104 cm³/mol. The molecule has 1 aromatic rings. The molecule has 2 fully saturated rings. The zero-order valence-electron chi connectivity index (χ0n) is 16.0. The molecule has 1 aliphatic carbocycles. The van der Waals surface area contributed by atoms with Gasteiger partial charge in [-0.2, -0.15) is 0 Å². The van der Waals surface area contributed by atoms with Crippen LogP contribution >= 0.6 is 0 Å². The second-order valence-corrected chi connectivity index (χ2v) is 7.66. The molecule has 3 aliphatic rings. The molecule has 2 atom stereocenters. The van der Waals surface area contributed by atoms with E-state index in [1.54, 1.807) is 0 Å². The van der Waals surface area contributed by atoms with Gasteiger partial charge in [0.05, 0.1) is 24.8 Å². The third kappa shape index (κ3) is 3.53. The van der Waals surface area contributed by atoms with Crippen molar-refractivity contribution in [3.05, 3.63) is 41.6 Å². The Morgan fingerprint density at radius 1 is 1.07 bits per heavy atom. The fourth-order valence-corrected chi connectivity index (χ4v) is 4.60. The molecule has 2 heterocycles. The van der Waals surface area contributed by atoms with Gasteiger partial charge in [0.25, 0.3) is 0 Å². The Balaban J connectivity index is 1.56. The number of imide groups is 1. The first-order valence-corrected chi connectivity index (χ1v) is 10.2. The highest BCUT2D eigenvalue weighted by atomic mass is 16.5. The number of rotatable bonds is 4. The molecule has 0 unspecified atom stereocenters. The highest BCUT2D eigenvalue weighted by Gasteiger charge is 2.45. The fourth-order valence-electron chi connectivity index (χ4n) is 4.60. The van der Waals surface area contributed by atoms with Crippen LogP contribution in [0.25, 0.3) is 0 Å². The van der Waals surface area contributed by atoms with Crippen molar-refractivity contribution in [3.63, 3.8) is 0 Å². The number of hydrogen-bond acceptors (Lipinski definition) is 4. The molecule has 1 aromatic carbocycles. The zero-order valence-corrected chi connectivity index (χ0v) is 16.0. The third-order valence-corrected chi connectivity index (χ3v) is 6.10. The van der Waals surface area contributed by atoms with E-state index in [0.29, 0.717) is 12.1 Å². The summed E-state index contributed by atoms with van der Waals surface area (Å²) in [5.41, 5.74) is 3.18. The monoisotopic (exact) mass is 368 g/mol. The first-order chi connectivity index (χ1) is 13.2. The van der Waals surface area contributed by atoms with Gasteiger partial charge in [-0.05, 0) is 43.4 Å². The van der Waals surface area contributed by atoms with Crippen LogP contribution in [-0.2, 0) is 20.7 Å². The van der Waals surface area contributed by atoms with Crippen molar-refractivity contribution >= 4 is 17.5 Å². The molecular formula is C22H28N2O3. The average molecular weight is 368 g/mol. The van der Waals surface area contributed by atoms with E-state index in [1.807, 2.05) is 24.3 Å². The summed E-state index contributed by atoms with van der Waals surface area (Å²) in [6.45, 7) is 5.31. The summed E-state index contributed by atoms with van der Waals surface area (Å²) in [5.74, 6) is -0.192. The normalized spacial score (nSPS) is 26.5. The summed E-state index contributed by atoms with van der Waals surface area (Å²) in [5, 5.41) is 0. The molecule has 4 rings (SSSR count). The second kappa shape index (κ2) is 7.85. The van der Waals surface area contributed by atoms with E-state index in [1.165, 1.54) is 16.2 Å². The standard InChI is InChI=1S/C22H28N2O3/c1-2-16-7-9-17(10-8-16)24-21(25)15-19(22(24)26)18-5-3-4-6-20(18)23-11-13-27-14-12-23/h6-10,18-19H,2-5,11-15H2,1H3/t18-,19-/m0/s1. The first kappa shape index (κ1) is 18.2. The van der Waals surface area contributed by atoms with E-state index in [4.69, 9.17) is 4.74 Å². The van der Waals surface area contributed by atoms with Crippen molar-refractivity contribution in [1.82, 2.24) is 4.90 Å². The number of ether oxygens (including phenoxy) is 1. The maximum Gasteiger partial charge on any atom is 0.238 e. The lowest BCUT2D eigenvalue weighted by atomic mass is 9.80. The molecule has 0 bridgehead atoms. The molecule has 2 saturated heterocycles. The highest BCUT2D eigenvalue weighted by molar-refractivity contribution is 6.21. The van der Waals surface area contributed by atoms with Crippen LogP contribution in [-0.4, -0.2) is 43.0 Å². The Hall–Kier alpha value is -2.14. The maximum absolute atomic E-state index is 13.2. The van der Waals surface area contributed by atoms with E-state index >= 15 is 0 Å². The van der Waals surface area contributed by atoms with Gasteiger partial charge in [-0.3, -0.25) is 14.5 Å². The van der Waals surface area contributed by atoms with Crippen molar-refractivity contribution in [3.8, 4) is 0 Å². The topological polar surface area (TPSA) is 49.9 Å². The van der Waals surface area contributed by atoms with Crippen molar-refractivity contribution < 1.29 is 14.3 Å². The van der Waals surface area contributed by atoms with Gasteiger partial charge in [-0.15, -0.1) is 0 Å². The van der Waals surface area contributed by atoms with Crippen molar-refractivity contribution in [2.24, 2.45) is 11.8 Å². The Morgan fingerprint density at radius 2 is 1.81 bits per heavy atom. The Morgan fingerprint density at radius 3 is 2.52 bits per heavy atom. The maximum atomic E-state index is 13.2. The molecule has 0 aromatic heterocycles. The number of carbonyl (C=O) groups excluding carboxylic acids is 2. The molecular weight excluding hydrogens is 340 g/mol. The number of anilines is 1. The molecule has 2 aliphatic heterocycles. The molecule has 0 spiro atoms. The number of carbonyl (C=O) groups is 2. The smallest absolute Gasteiger partial charge is 0.238 e. The number of allylic oxidation sites excluding steroid dienone is 2. The summed E-state index contributed by atoms with van der Waals surface area (Å²) in [4.78, 5) is 29.7. The molecule has 144 valence electrons. The Bertz CT molecular complexity index is 734. The van der Waals surface area contributed by atoms with Gasteiger partial charge >= 0.3 is 0 Å². The summed E-state index contributed by atoms with van der Waals surface area (Å²) < 4.78 is 5.48. The summed E-state index contributed by atoms with van der Waals surface area (Å²) in [6, 6.07) is 7.80. The molecule has 0 radical (unpaired) electrons. The van der Waals surface area contributed by atoms with Gasteiger partial charge in [0.1, 0.15) is 0 Å². The van der Waals surface area contributed by atoms with E-state index in [2.05, 4.69) is 17.9 Å². The average Bonchev–Trinajstić information content (AvgIpc) is 3.02. The minimum atomic E-state index is -0.238. The summed E-state index contributed by atoms with van der Waals surface area (Å²) >= 11 is 0. The van der Waals surface area contributed by atoms with E-state index in [0.717, 1.165) is 52.0 Å². The van der Waals surface area contributed by atoms with Crippen LogP contribution in [0.1, 0.15) is 38.2 Å². The number of nitrogens with zero attached hydrogens (tertiary/aromatic N) is 2. The third-order valence-electron chi connectivity index (χ3n) is 6.10. The first-order valence-electron chi connectivity index (χ1n) is 10.2. The van der Waals surface area contributed by atoms with Gasteiger partial charge in [-0.25, -0.2) is 0 Å². The van der Waals surface area contributed by atoms with E-state index in [9.17, 15) is 9.59 Å². The van der Waals surface area contributed by atoms with Crippen LogP contribution in [0.4, 0.5) is 5.69 Å². The van der Waals surface area contributed by atoms with Crippen LogP contribution in [0.5, 0.6) is 0 Å². The van der Waals surface area contributed by atoms with E-state index in [-0.39, 0.29) is 23.7 Å². The van der Waals surface area contributed by atoms with Crippen LogP contribution in [0.3, 0.4) is 0 Å². The van der Waals surface area contributed by atoms with Gasteiger partial charge in [0.15, 0.2) is 0 Å². The predicted octanol–water partition coefficient (Wildman–Crippen LogP) is 3.14. The number of aryl methyl sites for hydroxylation is 1.